The fourth-order valence-corrected chi connectivity index (χ4v) is 2.27. The number of aliphatic hydroxyl groups is 1. The van der Waals surface area contributed by atoms with Gasteiger partial charge in [0.25, 0.3) is 5.91 Å². The van der Waals surface area contributed by atoms with Crippen LogP contribution in [0.5, 0.6) is 0 Å². The van der Waals surface area contributed by atoms with Crippen molar-refractivity contribution in [1.29, 1.82) is 5.26 Å². The first-order valence-electron chi connectivity index (χ1n) is 6.48. The third-order valence-electron chi connectivity index (χ3n) is 3.24. The zero-order valence-corrected chi connectivity index (χ0v) is 11.5. The van der Waals surface area contributed by atoms with Crippen molar-refractivity contribution in [2.24, 2.45) is 0 Å². The number of amides is 1. The minimum Gasteiger partial charge on any atom is -0.394 e. The van der Waals surface area contributed by atoms with Crippen molar-refractivity contribution in [2.75, 3.05) is 19.7 Å². The Labute approximate surface area is 117 Å². The van der Waals surface area contributed by atoms with Gasteiger partial charge in [0.2, 0.25) is 0 Å². The van der Waals surface area contributed by atoms with Crippen LogP contribution in [0.2, 0.25) is 0 Å². The molecule has 2 atom stereocenters. The lowest BCUT2D eigenvalue weighted by atomic mass is 10.1. The summed E-state index contributed by atoms with van der Waals surface area (Å²) in [7, 11) is 0. The summed E-state index contributed by atoms with van der Waals surface area (Å²) in [6, 6.07) is 5.18. The Morgan fingerprint density at radius 2 is 2.35 bits per heavy atom. The van der Waals surface area contributed by atoms with E-state index in [9.17, 15) is 9.90 Å². The van der Waals surface area contributed by atoms with Crippen LogP contribution in [0.15, 0.2) is 12.1 Å². The number of nitrogens with zero attached hydrogens (tertiary/aromatic N) is 3. The van der Waals surface area contributed by atoms with Crippen LogP contribution in [0.25, 0.3) is 0 Å². The number of carbonyl (C=O) groups is 1. The number of nitriles is 1. The van der Waals surface area contributed by atoms with Crippen molar-refractivity contribution in [2.45, 2.75) is 26.1 Å². The molecule has 20 heavy (non-hydrogen) atoms. The highest BCUT2D eigenvalue weighted by molar-refractivity contribution is 5.92. The molecule has 0 bridgehead atoms. The van der Waals surface area contributed by atoms with E-state index < -0.39 is 0 Å². The van der Waals surface area contributed by atoms with Gasteiger partial charge in [-0.3, -0.25) is 4.79 Å². The number of pyridine rings is 1. The zero-order chi connectivity index (χ0) is 14.7. The van der Waals surface area contributed by atoms with Crippen LogP contribution in [0, 0.1) is 18.3 Å². The van der Waals surface area contributed by atoms with Crippen molar-refractivity contribution in [3.05, 3.63) is 29.1 Å². The molecule has 1 aromatic rings. The van der Waals surface area contributed by atoms with E-state index in [-0.39, 0.29) is 24.7 Å². The number of hydrogen-bond donors (Lipinski definition) is 1. The van der Waals surface area contributed by atoms with Crippen LogP contribution < -0.4 is 0 Å². The Balaban J connectivity index is 2.18. The molecule has 1 aliphatic heterocycles. The van der Waals surface area contributed by atoms with E-state index in [0.717, 1.165) is 0 Å². The number of rotatable bonds is 2. The number of aliphatic hydroxyl groups excluding tert-OH is 1. The molecular formula is C14H17N3O3. The van der Waals surface area contributed by atoms with Crippen molar-refractivity contribution in [1.82, 2.24) is 9.88 Å². The topological polar surface area (TPSA) is 86.5 Å². The maximum absolute atomic E-state index is 12.4. The van der Waals surface area contributed by atoms with E-state index >= 15 is 0 Å². The third-order valence-corrected chi connectivity index (χ3v) is 3.24. The maximum atomic E-state index is 12.4. The molecule has 1 amide bonds. The average Bonchev–Trinajstić information content (AvgIpc) is 2.45. The Morgan fingerprint density at radius 3 is 2.95 bits per heavy atom. The lowest BCUT2D eigenvalue weighted by molar-refractivity contribution is -0.0859. The van der Waals surface area contributed by atoms with Crippen molar-refractivity contribution in [3.63, 3.8) is 0 Å². The van der Waals surface area contributed by atoms with E-state index in [2.05, 4.69) is 4.98 Å². The summed E-state index contributed by atoms with van der Waals surface area (Å²) in [4.78, 5) is 18.2. The molecular weight excluding hydrogens is 258 g/mol. The number of aromatic nitrogens is 1. The molecule has 6 heteroatoms. The maximum Gasteiger partial charge on any atom is 0.272 e. The second kappa shape index (κ2) is 5.99. The van der Waals surface area contributed by atoms with Gasteiger partial charge in [0.05, 0.1) is 30.1 Å². The Hall–Kier alpha value is -1.97. The van der Waals surface area contributed by atoms with E-state index in [4.69, 9.17) is 10.00 Å². The summed E-state index contributed by atoms with van der Waals surface area (Å²) in [6.07, 6.45) is -0.480. The standard InChI is InChI=1S/C14H17N3O3/c1-9-6-17(7-12(8-18)20-9)14(19)13-4-3-11(5-15)10(2)16-13/h3-4,9,12,18H,6-8H2,1-2H3. The van der Waals surface area contributed by atoms with E-state index in [1.165, 1.54) is 0 Å². The third kappa shape index (κ3) is 2.95. The normalized spacial score (nSPS) is 22.4. The van der Waals surface area contributed by atoms with Gasteiger partial charge in [0.1, 0.15) is 11.8 Å². The van der Waals surface area contributed by atoms with Crippen LogP contribution in [-0.2, 0) is 4.74 Å². The van der Waals surface area contributed by atoms with Gasteiger partial charge in [-0.05, 0) is 26.0 Å². The number of ether oxygens (including phenoxy) is 1. The molecule has 2 unspecified atom stereocenters. The Morgan fingerprint density at radius 1 is 1.60 bits per heavy atom. The predicted octanol–water partition coefficient (Wildman–Crippen LogP) is 0.484. The quantitative estimate of drug-likeness (QED) is 0.848. The van der Waals surface area contributed by atoms with Crippen LogP contribution in [0.1, 0.15) is 28.7 Å². The molecule has 0 aliphatic carbocycles. The van der Waals surface area contributed by atoms with Crippen LogP contribution in [-0.4, -0.2) is 52.8 Å². The highest BCUT2D eigenvalue weighted by Crippen LogP contribution is 2.14. The van der Waals surface area contributed by atoms with E-state index in [1.54, 1.807) is 24.0 Å². The Bertz CT molecular complexity index is 553. The highest BCUT2D eigenvalue weighted by atomic mass is 16.5. The van der Waals surface area contributed by atoms with Gasteiger partial charge in [0.15, 0.2) is 0 Å². The number of hydrogen-bond acceptors (Lipinski definition) is 5. The minimum atomic E-state index is -0.359. The molecule has 1 aliphatic rings. The molecule has 0 spiro atoms. The summed E-state index contributed by atoms with van der Waals surface area (Å²) in [5.74, 6) is -0.203. The molecule has 0 radical (unpaired) electrons. The second-order valence-corrected chi connectivity index (χ2v) is 4.90. The molecule has 0 aromatic carbocycles. The average molecular weight is 275 g/mol. The Kier molecular flexibility index (Phi) is 4.32. The lowest BCUT2D eigenvalue weighted by Crippen LogP contribution is -2.50. The fourth-order valence-electron chi connectivity index (χ4n) is 2.27. The van der Waals surface area contributed by atoms with Gasteiger partial charge >= 0.3 is 0 Å². The summed E-state index contributed by atoms with van der Waals surface area (Å²) in [5, 5.41) is 18.0. The molecule has 0 saturated carbocycles. The minimum absolute atomic E-state index is 0.117. The summed E-state index contributed by atoms with van der Waals surface area (Å²) < 4.78 is 5.50. The zero-order valence-electron chi connectivity index (χ0n) is 11.5. The number of carbonyl (C=O) groups excluding carboxylic acids is 1. The van der Waals surface area contributed by atoms with Crippen molar-refractivity contribution < 1.29 is 14.6 Å². The molecule has 1 N–H and O–H groups in total. The van der Waals surface area contributed by atoms with Gasteiger partial charge in [0, 0.05) is 13.1 Å². The first-order chi connectivity index (χ1) is 9.55. The summed E-state index contributed by atoms with van der Waals surface area (Å²) in [6.45, 7) is 4.26. The number of morpholine rings is 1. The summed E-state index contributed by atoms with van der Waals surface area (Å²) >= 11 is 0. The van der Waals surface area contributed by atoms with Gasteiger partial charge in [-0.1, -0.05) is 0 Å². The molecule has 2 rings (SSSR count). The van der Waals surface area contributed by atoms with Crippen LogP contribution in [0.4, 0.5) is 0 Å². The molecule has 1 fully saturated rings. The van der Waals surface area contributed by atoms with Crippen molar-refractivity contribution in [3.8, 4) is 6.07 Å². The van der Waals surface area contributed by atoms with Crippen LogP contribution in [0.3, 0.4) is 0 Å². The van der Waals surface area contributed by atoms with Gasteiger partial charge in [-0.25, -0.2) is 4.98 Å². The number of aryl methyl sites for hydroxylation is 1. The predicted molar refractivity (Wildman–Crippen MR) is 71.0 cm³/mol. The van der Waals surface area contributed by atoms with Gasteiger partial charge < -0.3 is 14.7 Å². The fraction of sp³-hybridized carbons (Fsp3) is 0.500. The smallest absolute Gasteiger partial charge is 0.272 e. The van der Waals surface area contributed by atoms with E-state index in [0.29, 0.717) is 30.0 Å². The first-order valence-corrected chi connectivity index (χ1v) is 6.48. The largest absolute Gasteiger partial charge is 0.394 e. The molecule has 106 valence electrons. The van der Waals surface area contributed by atoms with E-state index in [1.807, 2.05) is 13.0 Å². The highest BCUT2D eigenvalue weighted by Gasteiger charge is 2.29. The lowest BCUT2D eigenvalue weighted by Gasteiger charge is -2.35. The van der Waals surface area contributed by atoms with Gasteiger partial charge in [-0.2, -0.15) is 5.26 Å². The monoisotopic (exact) mass is 275 g/mol. The van der Waals surface area contributed by atoms with Gasteiger partial charge in [-0.15, -0.1) is 0 Å². The molecule has 1 aromatic heterocycles. The summed E-state index contributed by atoms with van der Waals surface area (Å²) in [5.41, 5.74) is 1.32. The van der Waals surface area contributed by atoms with Crippen LogP contribution >= 0.6 is 0 Å². The molecule has 2 heterocycles. The first kappa shape index (κ1) is 14.4. The van der Waals surface area contributed by atoms with Crippen molar-refractivity contribution >= 4 is 5.91 Å². The second-order valence-electron chi connectivity index (χ2n) is 4.90. The SMILES string of the molecule is Cc1nc(C(=O)N2CC(C)OC(CO)C2)ccc1C#N. The molecule has 1 saturated heterocycles. The molecule has 6 nitrogen and oxygen atoms in total.